The molecule has 0 aromatic rings. The second-order valence-electron chi connectivity index (χ2n) is 3.48. The van der Waals surface area contributed by atoms with Crippen LogP contribution in [0.1, 0.15) is 33.6 Å². The molecule has 0 aliphatic heterocycles. The van der Waals surface area contributed by atoms with Crippen LogP contribution < -0.4 is 5.73 Å². The summed E-state index contributed by atoms with van der Waals surface area (Å²) in [7, 11) is 0. The molecule has 0 aliphatic carbocycles. The van der Waals surface area contributed by atoms with Gasteiger partial charge in [0, 0.05) is 6.54 Å². The van der Waals surface area contributed by atoms with Crippen LogP contribution in [0.15, 0.2) is 0 Å². The first-order valence-electron chi connectivity index (χ1n) is 5.14. The van der Waals surface area contributed by atoms with Crippen molar-refractivity contribution in [2.24, 2.45) is 11.7 Å². The third kappa shape index (κ3) is 5.64. The Morgan fingerprint density at radius 3 is 2.15 bits per heavy atom. The molecule has 0 aromatic carbocycles. The molecule has 0 saturated heterocycles. The Balaban J connectivity index is 3.87. The minimum Gasteiger partial charge on any atom is -0.369 e. The van der Waals surface area contributed by atoms with Gasteiger partial charge in [0.05, 0.1) is 6.54 Å². The smallest absolute Gasteiger partial charge is 0.231 e. The Bertz CT molecular complexity index is 144. The van der Waals surface area contributed by atoms with Crippen molar-refractivity contribution in [1.82, 2.24) is 4.90 Å². The Kier molecular flexibility index (Phi) is 6.59. The molecule has 0 radical (unpaired) electrons. The van der Waals surface area contributed by atoms with Gasteiger partial charge in [0.25, 0.3) is 0 Å². The van der Waals surface area contributed by atoms with Crippen LogP contribution in [0.4, 0.5) is 0 Å². The molecule has 0 aromatic heterocycles. The fraction of sp³-hybridized carbons (Fsp3) is 0.900. The van der Waals surface area contributed by atoms with E-state index in [2.05, 4.69) is 25.7 Å². The summed E-state index contributed by atoms with van der Waals surface area (Å²) >= 11 is 0. The van der Waals surface area contributed by atoms with E-state index in [1.807, 2.05) is 0 Å². The van der Waals surface area contributed by atoms with Crippen LogP contribution in [0, 0.1) is 5.92 Å². The number of carbonyl (C=O) groups is 1. The highest BCUT2D eigenvalue weighted by atomic mass is 16.1. The summed E-state index contributed by atoms with van der Waals surface area (Å²) in [6.45, 7) is 8.72. The average molecular weight is 186 g/mol. The molecule has 0 unspecified atom stereocenters. The van der Waals surface area contributed by atoms with Gasteiger partial charge in [-0.25, -0.2) is 0 Å². The number of carbonyl (C=O) groups excluding carboxylic acids is 1. The summed E-state index contributed by atoms with van der Waals surface area (Å²) < 4.78 is 0. The molecule has 0 aliphatic rings. The average Bonchev–Trinajstić information content (AvgIpc) is 2.11. The maximum absolute atomic E-state index is 10.7. The van der Waals surface area contributed by atoms with Crippen molar-refractivity contribution in [3.63, 3.8) is 0 Å². The van der Waals surface area contributed by atoms with Gasteiger partial charge in [0.1, 0.15) is 0 Å². The van der Waals surface area contributed by atoms with Gasteiger partial charge < -0.3 is 5.73 Å². The molecule has 78 valence electrons. The molecule has 0 rings (SSSR count). The van der Waals surface area contributed by atoms with Gasteiger partial charge in [-0.15, -0.1) is 0 Å². The number of nitrogens with two attached hydrogens (primary N) is 1. The van der Waals surface area contributed by atoms with Crippen LogP contribution >= 0.6 is 0 Å². The number of amides is 1. The first-order chi connectivity index (χ1) is 6.13. The van der Waals surface area contributed by atoms with Crippen molar-refractivity contribution in [1.29, 1.82) is 0 Å². The van der Waals surface area contributed by atoms with E-state index < -0.39 is 0 Å². The molecular weight excluding hydrogens is 164 g/mol. The zero-order valence-electron chi connectivity index (χ0n) is 9.05. The number of nitrogens with zero attached hydrogens (tertiary/aromatic N) is 1. The van der Waals surface area contributed by atoms with Crippen LogP contribution in [0.3, 0.4) is 0 Å². The Hall–Kier alpha value is -0.570. The molecule has 0 spiro atoms. The molecule has 3 heteroatoms. The lowest BCUT2D eigenvalue weighted by Gasteiger charge is -2.23. The summed E-state index contributed by atoms with van der Waals surface area (Å²) in [5, 5.41) is 0. The molecular formula is C10H22N2O. The number of likely N-dealkylation sites (N-methyl/N-ethyl adjacent to an activating group) is 1. The second kappa shape index (κ2) is 6.89. The van der Waals surface area contributed by atoms with Gasteiger partial charge in [-0.1, -0.05) is 33.6 Å². The van der Waals surface area contributed by atoms with Crippen molar-refractivity contribution >= 4 is 5.91 Å². The van der Waals surface area contributed by atoms with Crippen LogP contribution in [-0.4, -0.2) is 30.4 Å². The molecule has 13 heavy (non-hydrogen) atoms. The van der Waals surface area contributed by atoms with E-state index in [9.17, 15) is 4.79 Å². The molecule has 2 N–H and O–H groups in total. The topological polar surface area (TPSA) is 46.3 Å². The third-order valence-electron chi connectivity index (χ3n) is 2.50. The van der Waals surface area contributed by atoms with Gasteiger partial charge in [0.2, 0.25) is 5.91 Å². The lowest BCUT2D eigenvalue weighted by Crippen LogP contribution is -2.36. The largest absolute Gasteiger partial charge is 0.369 e. The normalized spacial score (nSPS) is 11.2. The van der Waals surface area contributed by atoms with Gasteiger partial charge in [-0.05, 0) is 12.5 Å². The minimum atomic E-state index is -0.229. The standard InChI is InChI=1S/C10H22N2O/c1-4-9(5-2)7-12(6-3)8-10(11)13/h9H,4-8H2,1-3H3,(H2,11,13). The van der Waals surface area contributed by atoms with Crippen molar-refractivity contribution in [3.05, 3.63) is 0 Å². The lowest BCUT2D eigenvalue weighted by molar-refractivity contribution is -0.119. The number of primary amides is 1. The molecule has 0 heterocycles. The summed E-state index contributed by atoms with van der Waals surface area (Å²) in [5.41, 5.74) is 5.15. The van der Waals surface area contributed by atoms with E-state index >= 15 is 0 Å². The SMILES string of the molecule is CCC(CC)CN(CC)CC(N)=O. The van der Waals surface area contributed by atoms with E-state index in [0.717, 1.165) is 13.1 Å². The molecule has 0 atom stereocenters. The van der Waals surface area contributed by atoms with Gasteiger partial charge in [-0.2, -0.15) is 0 Å². The number of rotatable bonds is 7. The summed E-state index contributed by atoms with van der Waals surface area (Å²) in [5.74, 6) is 0.465. The first kappa shape index (κ1) is 12.4. The first-order valence-corrected chi connectivity index (χ1v) is 5.14. The van der Waals surface area contributed by atoms with E-state index in [0.29, 0.717) is 12.5 Å². The predicted octanol–water partition coefficient (Wildman–Crippen LogP) is 1.23. The summed E-state index contributed by atoms with van der Waals surface area (Å²) in [4.78, 5) is 12.8. The summed E-state index contributed by atoms with van der Waals surface area (Å²) in [6, 6.07) is 0. The number of hydrogen-bond acceptors (Lipinski definition) is 2. The van der Waals surface area contributed by atoms with E-state index in [-0.39, 0.29) is 5.91 Å². The molecule has 0 fully saturated rings. The van der Waals surface area contributed by atoms with Crippen LogP contribution in [-0.2, 0) is 4.79 Å². The maximum atomic E-state index is 10.7. The van der Waals surface area contributed by atoms with Gasteiger partial charge >= 0.3 is 0 Å². The highest BCUT2D eigenvalue weighted by molar-refractivity contribution is 5.75. The Morgan fingerprint density at radius 2 is 1.85 bits per heavy atom. The van der Waals surface area contributed by atoms with Crippen molar-refractivity contribution in [2.75, 3.05) is 19.6 Å². The van der Waals surface area contributed by atoms with E-state index in [1.54, 1.807) is 0 Å². The predicted molar refractivity (Wildman–Crippen MR) is 55.4 cm³/mol. The number of hydrogen-bond donors (Lipinski definition) is 1. The third-order valence-corrected chi connectivity index (χ3v) is 2.50. The van der Waals surface area contributed by atoms with Crippen molar-refractivity contribution < 1.29 is 4.79 Å². The fourth-order valence-electron chi connectivity index (χ4n) is 1.44. The summed E-state index contributed by atoms with van der Waals surface area (Å²) in [6.07, 6.45) is 2.34. The van der Waals surface area contributed by atoms with Gasteiger partial charge in [-0.3, -0.25) is 9.69 Å². The Morgan fingerprint density at radius 1 is 1.31 bits per heavy atom. The fourth-order valence-corrected chi connectivity index (χ4v) is 1.44. The second-order valence-corrected chi connectivity index (χ2v) is 3.48. The highest BCUT2D eigenvalue weighted by Crippen LogP contribution is 2.09. The van der Waals surface area contributed by atoms with E-state index in [4.69, 9.17) is 5.73 Å². The molecule has 0 bridgehead atoms. The monoisotopic (exact) mass is 186 g/mol. The van der Waals surface area contributed by atoms with Crippen molar-refractivity contribution in [3.8, 4) is 0 Å². The molecule has 1 amide bonds. The van der Waals surface area contributed by atoms with Gasteiger partial charge in [0.15, 0.2) is 0 Å². The van der Waals surface area contributed by atoms with Crippen LogP contribution in [0.25, 0.3) is 0 Å². The van der Waals surface area contributed by atoms with Crippen molar-refractivity contribution in [2.45, 2.75) is 33.6 Å². The zero-order chi connectivity index (χ0) is 10.3. The minimum absolute atomic E-state index is 0.229. The Labute approximate surface area is 81.3 Å². The quantitative estimate of drug-likeness (QED) is 0.650. The molecule has 0 saturated carbocycles. The van der Waals surface area contributed by atoms with E-state index in [1.165, 1.54) is 12.8 Å². The van der Waals surface area contributed by atoms with Crippen LogP contribution in [0.5, 0.6) is 0 Å². The lowest BCUT2D eigenvalue weighted by atomic mass is 10.0. The highest BCUT2D eigenvalue weighted by Gasteiger charge is 2.11. The maximum Gasteiger partial charge on any atom is 0.231 e. The molecule has 3 nitrogen and oxygen atoms in total. The zero-order valence-corrected chi connectivity index (χ0v) is 9.05. The van der Waals surface area contributed by atoms with Crippen LogP contribution in [0.2, 0.25) is 0 Å².